The van der Waals surface area contributed by atoms with Crippen LogP contribution in [0.2, 0.25) is 0 Å². The van der Waals surface area contributed by atoms with Crippen molar-refractivity contribution in [2.45, 2.75) is 12.8 Å². The molecule has 2 saturated heterocycles. The summed E-state index contributed by atoms with van der Waals surface area (Å²) in [6, 6.07) is 5.62. The van der Waals surface area contributed by atoms with Gasteiger partial charge in [-0.15, -0.1) is 0 Å². The zero-order valence-electron chi connectivity index (χ0n) is 9.99. The Morgan fingerprint density at radius 1 is 1.16 bits per heavy atom. The van der Waals surface area contributed by atoms with E-state index in [0.29, 0.717) is 26.0 Å². The number of esters is 1. The molecule has 0 aliphatic carbocycles. The van der Waals surface area contributed by atoms with Gasteiger partial charge in [-0.1, -0.05) is 0 Å². The van der Waals surface area contributed by atoms with Crippen LogP contribution in [0.15, 0.2) is 27.1 Å². The lowest BCUT2D eigenvalue weighted by Crippen LogP contribution is -2.37. The van der Waals surface area contributed by atoms with E-state index in [2.05, 4.69) is 31.9 Å². The van der Waals surface area contributed by atoms with Crippen molar-refractivity contribution in [2.75, 3.05) is 18.1 Å². The third-order valence-electron chi connectivity index (χ3n) is 3.78. The average molecular weight is 389 g/mol. The molecule has 100 valence electrons. The molecular formula is C13H11Br2NO3. The van der Waals surface area contributed by atoms with E-state index >= 15 is 0 Å². The van der Waals surface area contributed by atoms with Crippen LogP contribution < -0.4 is 4.90 Å². The summed E-state index contributed by atoms with van der Waals surface area (Å²) in [5.74, 6) is -0.500. The van der Waals surface area contributed by atoms with E-state index in [-0.39, 0.29) is 11.9 Å². The van der Waals surface area contributed by atoms with Gasteiger partial charge in [0.05, 0.1) is 6.61 Å². The van der Waals surface area contributed by atoms with Crippen molar-refractivity contribution < 1.29 is 14.3 Å². The van der Waals surface area contributed by atoms with E-state index in [1.54, 1.807) is 4.90 Å². The van der Waals surface area contributed by atoms with Gasteiger partial charge in [-0.3, -0.25) is 9.59 Å². The van der Waals surface area contributed by atoms with Crippen LogP contribution in [0.1, 0.15) is 12.8 Å². The molecule has 0 radical (unpaired) electrons. The van der Waals surface area contributed by atoms with Crippen molar-refractivity contribution in [1.82, 2.24) is 0 Å². The van der Waals surface area contributed by atoms with E-state index in [9.17, 15) is 9.59 Å². The minimum absolute atomic E-state index is 0.135. The number of rotatable bonds is 1. The highest BCUT2D eigenvalue weighted by Gasteiger charge is 2.56. The molecule has 0 bridgehead atoms. The summed E-state index contributed by atoms with van der Waals surface area (Å²) in [5.41, 5.74) is -0.129. The van der Waals surface area contributed by atoms with Gasteiger partial charge in [0, 0.05) is 27.6 Å². The molecular weight excluding hydrogens is 378 g/mol. The lowest BCUT2D eigenvalue weighted by Gasteiger charge is -2.20. The van der Waals surface area contributed by atoms with E-state index in [1.807, 2.05) is 18.2 Å². The zero-order valence-corrected chi connectivity index (χ0v) is 13.2. The van der Waals surface area contributed by atoms with E-state index in [0.717, 1.165) is 14.6 Å². The highest BCUT2D eigenvalue weighted by Crippen LogP contribution is 2.42. The van der Waals surface area contributed by atoms with Crippen molar-refractivity contribution >= 4 is 49.4 Å². The average Bonchev–Trinajstić information content (AvgIpc) is 2.91. The second-order valence-electron chi connectivity index (χ2n) is 4.77. The first kappa shape index (κ1) is 13.1. The highest BCUT2D eigenvalue weighted by molar-refractivity contribution is 9.13. The molecule has 1 atom stereocenters. The quantitative estimate of drug-likeness (QED) is 0.549. The summed E-state index contributed by atoms with van der Waals surface area (Å²) in [6.07, 6.45) is 1.04. The van der Waals surface area contributed by atoms with Crippen molar-refractivity contribution in [3.05, 3.63) is 27.1 Å². The van der Waals surface area contributed by atoms with Gasteiger partial charge >= 0.3 is 5.97 Å². The van der Waals surface area contributed by atoms with Crippen LogP contribution >= 0.6 is 31.9 Å². The van der Waals surface area contributed by atoms with Crippen molar-refractivity contribution in [3.63, 3.8) is 0 Å². The van der Waals surface area contributed by atoms with Gasteiger partial charge in [0.15, 0.2) is 5.41 Å². The Morgan fingerprint density at radius 3 is 2.58 bits per heavy atom. The van der Waals surface area contributed by atoms with E-state index in [4.69, 9.17) is 4.74 Å². The van der Waals surface area contributed by atoms with Crippen LogP contribution in [0.5, 0.6) is 0 Å². The Hall–Kier alpha value is -0.880. The predicted molar refractivity (Wildman–Crippen MR) is 76.8 cm³/mol. The molecule has 1 unspecified atom stereocenters. The van der Waals surface area contributed by atoms with Crippen LogP contribution in [0, 0.1) is 5.41 Å². The molecule has 3 rings (SSSR count). The van der Waals surface area contributed by atoms with Gasteiger partial charge in [-0.2, -0.15) is 0 Å². The van der Waals surface area contributed by atoms with Gasteiger partial charge in [0.1, 0.15) is 0 Å². The molecule has 2 heterocycles. The van der Waals surface area contributed by atoms with Crippen LogP contribution in [-0.2, 0) is 14.3 Å². The Kier molecular flexibility index (Phi) is 3.17. The predicted octanol–water partition coefficient (Wildman–Crippen LogP) is 2.88. The summed E-state index contributed by atoms with van der Waals surface area (Å²) in [4.78, 5) is 26.0. The minimum atomic E-state index is -0.931. The third-order valence-corrected chi connectivity index (χ3v) is 5.66. The third kappa shape index (κ3) is 1.92. The van der Waals surface area contributed by atoms with Crippen LogP contribution in [0.4, 0.5) is 5.69 Å². The Balaban J connectivity index is 1.94. The van der Waals surface area contributed by atoms with Gasteiger partial charge in [-0.05, 0) is 56.5 Å². The van der Waals surface area contributed by atoms with Gasteiger partial charge in [0.25, 0.3) is 0 Å². The molecule has 1 spiro atoms. The molecule has 1 aromatic carbocycles. The number of amides is 1. The largest absolute Gasteiger partial charge is 0.465 e. The summed E-state index contributed by atoms with van der Waals surface area (Å²) in [6.45, 7) is 0.907. The van der Waals surface area contributed by atoms with Crippen LogP contribution in [-0.4, -0.2) is 25.0 Å². The van der Waals surface area contributed by atoms with E-state index in [1.165, 1.54) is 0 Å². The zero-order chi connectivity index (χ0) is 13.6. The maximum atomic E-state index is 12.5. The smallest absolute Gasteiger partial charge is 0.321 e. The molecule has 2 fully saturated rings. The Bertz CT molecular complexity index is 575. The SMILES string of the molecule is O=C1OCCC12CCN(c1ccc(Br)c(Br)c1)C2=O. The molecule has 6 heteroatoms. The maximum absolute atomic E-state index is 12.5. The summed E-state index contributed by atoms with van der Waals surface area (Å²) in [5, 5.41) is 0. The number of hydrogen-bond acceptors (Lipinski definition) is 3. The summed E-state index contributed by atoms with van der Waals surface area (Å²) >= 11 is 6.82. The van der Waals surface area contributed by atoms with Gasteiger partial charge < -0.3 is 9.64 Å². The number of hydrogen-bond donors (Lipinski definition) is 0. The monoisotopic (exact) mass is 387 g/mol. The van der Waals surface area contributed by atoms with Gasteiger partial charge in [0.2, 0.25) is 5.91 Å². The van der Waals surface area contributed by atoms with E-state index < -0.39 is 5.41 Å². The molecule has 4 nitrogen and oxygen atoms in total. The topological polar surface area (TPSA) is 46.6 Å². The number of halogens is 2. The molecule has 19 heavy (non-hydrogen) atoms. The number of cyclic esters (lactones) is 1. The number of benzene rings is 1. The summed E-state index contributed by atoms with van der Waals surface area (Å²) < 4.78 is 6.80. The fourth-order valence-electron chi connectivity index (χ4n) is 2.65. The molecule has 0 aromatic heterocycles. The second kappa shape index (κ2) is 4.59. The number of carbonyl (C=O) groups excluding carboxylic acids is 2. The molecule has 2 aliphatic heterocycles. The number of carbonyl (C=O) groups is 2. The maximum Gasteiger partial charge on any atom is 0.321 e. The highest BCUT2D eigenvalue weighted by atomic mass is 79.9. The molecule has 0 N–H and O–H groups in total. The summed E-state index contributed by atoms with van der Waals surface area (Å²) in [7, 11) is 0. The first-order valence-electron chi connectivity index (χ1n) is 5.99. The fraction of sp³-hybridized carbons (Fsp3) is 0.385. The minimum Gasteiger partial charge on any atom is -0.465 e. The van der Waals surface area contributed by atoms with Gasteiger partial charge in [-0.25, -0.2) is 0 Å². The van der Waals surface area contributed by atoms with Crippen molar-refractivity contribution in [3.8, 4) is 0 Å². The Labute approximate surface area is 127 Å². The van der Waals surface area contributed by atoms with Crippen molar-refractivity contribution in [2.24, 2.45) is 5.41 Å². The number of anilines is 1. The van der Waals surface area contributed by atoms with Crippen LogP contribution in [0.3, 0.4) is 0 Å². The lowest BCUT2D eigenvalue weighted by atomic mass is 9.85. The standard InChI is InChI=1S/C13H11Br2NO3/c14-9-2-1-8(7-10(9)15)16-5-3-13(11(16)17)4-6-19-12(13)18/h1-2,7H,3-6H2. The normalized spacial score (nSPS) is 26.3. The Morgan fingerprint density at radius 2 is 1.95 bits per heavy atom. The molecule has 0 saturated carbocycles. The number of nitrogens with zero attached hydrogens (tertiary/aromatic N) is 1. The first-order valence-corrected chi connectivity index (χ1v) is 7.57. The second-order valence-corrected chi connectivity index (χ2v) is 6.48. The fourth-order valence-corrected chi connectivity index (χ4v) is 3.26. The van der Waals surface area contributed by atoms with Crippen molar-refractivity contribution in [1.29, 1.82) is 0 Å². The molecule has 1 amide bonds. The molecule has 2 aliphatic rings. The number of ether oxygens (including phenoxy) is 1. The molecule has 1 aromatic rings. The first-order chi connectivity index (χ1) is 9.04. The lowest BCUT2D eigenvalue weighted by molar-refractivity contribution is -0.149. The van der Waals surface area contributed by atoms with Crippen LogP contribution in [0.25, 0.3) is 0 Å².